The van der Waals surface area contributed by atoms with E-state index in [1.54, 1.807) is 24.4 Å². The predicted molar refractivity (Wildman–Crippen MR) is 125 cm³/mol. The Balaban J connectivity index is 1.72. The predicted octanol–water partition coefficient (Wildman–Crippen LogP) is 4.60. The third kappa shape index (κ3) is 5.65. The zero-order valence-corrected chi connectivity index (χ0v) is 18.0. The van der Waals surface area contributed by atoms with Gasteiger partial charge in [-0.15, -0.1) is 10.2 Å². The van der Waals surface area contributed by atoms with E-state index in [9.17, 15) is 13.2 Å². The third-order valence-corrected chi connectivity index (χ3v) is 4.93. The molecule has 4 rings (SSSR count). The van der Waals surface area contributed by atoms with Gasteiger partial charge in [-0.1, -0.05) is 42.5 Å². The zero-order valence-electron chi connectivity index (χ0n) is 18.0. The lowest BCUT2D eigenvalue weighted by Crippen LogP contribution is -2.14. The molecule has 10 heteroatoms. The molecule has 34 heavy (non-hydrogen) atoms. The van der Waals surface area contributed by atoms with Crippen molar-refractivity contribution in [1.82, 2.24) is 20.2 Å². The van der Waals surface area contributed by atoms with E-state index in [2.05, 4.69) is 30.8 Å². The molecule has 0 aliphatic heterocycles. The van der Waals surface area contributed by atoms with Crippen LogP contribution in [0.3, 0.4) is 0 Å². The Morgan fingerprint density at radius 1 is 0.882 bits per heavy atom. The van der Waals surface area contributed by atoms with Crippen molar-refractivity contribution in [2.24, 2.45) is 5.73 Å². The summed E-state index contributed by atoms with van der Waals surface area (Å²) in [5.74, 6) is 0.818. The molecule has 0 unspecified atom stereocenters. The minimum absolute atomic E-state index is 0.275. The highest BCUT2D eigenvalue weighted by atomic mass is 19.4. The topological polar surface area (TPSA) is 102 Å². The van der Waals surface area contributed by atoms with Crippen molar-refractivity contribution in [3.05, 3.63) is 84.1 Å². The van der Waals surface area contributed by atoms with E-state index in [4.69, 9.17) is 5.73 Å². The lowest BCUT2D eigenvalue weighted by Gasteiger charge is -2.13. The van der Waals surface area contributed by atoms with Crippen LogP contribution in [0, 0.1) is 0 Å². The maximum atomic E-state index is 13.3. The SMILES string of the molecule is NCCNc1cc(-c2ccnc(NCc3ccccc3)n2)c(-c2cccc(C(F)(F)F)c2)nn1. The molecule has 0 spiro atoms. The molecular formula is C24H22F3N7. The molecule has 0 bridgehead atoms. The minimum Gasteiger partial charge on any atom is -0.367 e. The van der Waals surface area contributed by atoms with E-state index in [0.29, 0.717) is 42.7 Å². The first-order valence-corrected chi connectivity index (χ1v) is 10.5. The van der Waals surface area contributed by atoms with Crippen LogP contribution in [0.2, 0.25) is 0 Å². The molecule has 2 heterocycles. The second-order valence-corrected chi connectivity index (χ2v) is 7.39. The van der Waals surface area contributed by atoms with Crippen LogP contribution in [-0.2, 0) is 12.7 Å². The molecular weight excluding hydrogens is 443 g/mol. The van der Waals surface area contributed by atoms with Gasteiger partial charge in [0.1, 0.15) is 11.5 Å². The standard InChI is InChI=1S/C24H22F3N7/c25-24(26,27)18-8-4-7-17(13-18)22-19(14-21(33-34-22)29-12-10-28)20-9-11-30-23(32-20)31-15-16-5-2-1-3-6-16/h1-9,11,13-14H,10,12,15,28H2,(H,29,33)(H,30,31,32). The van der Waals surface area contributed by atoms with Gasteiger partial charge in [-0.2, -0.15) is 13.2 Å². The number of alkyl halides is 3. The van der Waals surface area contributed by atoms with E-state index >= 15 is 0 Å². The smallest absolute Gasteiger partial charge is 0.367 e. The minimum atomic E-state index is -4.48. The Morgan fingerprint density at radius 2 is 1.71 bits per heavy atom. The van der Waals surface area contributed by atoms with Crippen LogP contribution in [0.5, 0.6) is 0 Å². The highest BCUT2D eigenvalue weighted by molar-refractivity contribution is 5.80. The maximum absolute atomic E-state index is 13.3. The van der Waals surface area contributed by atoms with E-state index in [1.165, 1.54) is 6.07 Å². The number of benzene rings is 2. The van der Waals surface area contributed by atoms with E-state index in [1.807, 2.05) is 30.3 Å². The lowest BCUT2D eigenvalue weighted by atomic mass is 10.0. The Kier molecular flexibility index (Phi) is 6.98. The molecule has 174 valence electrons. The van der Waals surface area contributed by atoms with Gasteiger partial charge in [-0.25, -0.2) is 9.97 Å². The van der Waals surface area contributed by atoms with Crippen LogP contribution in [0.1, 0.15) is 11.1 Å². The largest absolute Gasteiger partial charge is 0.416 e. The van der Waals surface area contributed by atoms with Gasteiger partial charge in [0.05, 0.1) is 11.3 Å². The van der Waals surface area contributed by atoms with Crippen molar-refractivity contribution in [3.8, 4) is 22.5 Å². The molecule has 2 aromatic carbocycles. The van der Waals surface area contributed by atoms with Crippen LogP contribution >= 0.6 is 0 Å². The summed E-state index contributed by atoms with van der Waals surface area (Å²) in [6.45, 7) is 1.36. The first kappa shape index (κ1) is 23.1. The zero-order chi connectivity index (χ0) is 24.0. The number of aromatic nitrogens is 4. The van der Waals surface area contributed by atoms with Crippen LogP contribution in [0.25, 0.3) is 22.5 Å². The van der Waals surface area contributed by atoms with E-state index in [-0.39, 0.29) is 11.3 Å². The highest BCUT2D eigenvalue weighted by Crippen LogP contribution is 2.35. The number of rotatable bonds is 8. The van der Waals surface area contributed by atoms with Gasteiger partial charge in [-0.3, -0.25) is 0 Å². The van der Waals surface area contributed by atoms with Crippen molar-refractivity contribution in [2.45, 2.75) is 12.7 Å². The van der Waals surface area contributed by atoms with Gasteiger partial charge >= 0.3 is 6.18 Å². The fraction of sp³-hybridized carbons (Fsp3) is 0.167. The average molecular weight is 465 g/mol. The Hall–Kier alpha value is -4.05. The monoisotopic (exact) mass is 465 g/mol. The number of halogens is 3. The molecule has 0 amide bonds. The van der Waals surface area contributed by atoms with Crippen molar-refractivity contribution < 1.29 is 13.2 Å². The Labute approximate surface area is 194 Å². The fourth-order valence-electron chi connectivity index (χ4n) is 3.30. The molecule has 0 fully saturated rings. The number of hydrogen-bond acceptors (Lipinski definition) is 7. The molecule has 4 N–H and O–H groups in total. The summed E-state index contributed by atoms with van der Waals surface area (Å²) in [5, 5.41) is 14.5. The summed E-state index contributed by atoms with van der Waals surface area (Å²) in [7, 11) is 0. The van der Waals surface area contributed by atoms with Gasteiger partial charge in [-0.05, 0) is 29.8 Å². The van der Waals surface area contributed by atoms with Crippen molar-refractivity contribution in [3.63, 3.8) is 0 Å². The highest BCUT2D eigenvalue weighted by Gasteiger charge is 2.31. The van der Waals surface area contributed by atoms with Crippen LogP contribution in [-0.4, -0.2) is 33.3 Å². The van der Waals surface area contributed by atoms with Crippen LogP contribution in [0.4, 0.5) is 24.9 Å². The number of nitrogens with one attached hydrogen (secondary N) is 2. The molecule has 7 nitrogen and oxygen atoms in total. The molecule has 0 atom stereocenters. The Morgan fingerprint density at radius 3 is 2.47 bits per heavy atom. The first-order chi connectivity index (χ1) is 16.4. The maximum Gasteiger partial charge on any atom is 0.416 e. The number of nitrogens with two attached hydrogens (primary N) is 1. The second kappa shape index (κ2) is 10.3. The van der Waals surface area contributed by atoms with E-state index < -0.39 is 11.7 Å². The van der Waals surface area contributed by atoms with Gasteiger partial charge in [0.25, 0.3) is 0 Å². The molecule has 2 aromatic heterocycles. The number of anilines is 2. The lowest BCUT2D eigenvalue weighted by molar-refractivity contribution is -0.137. The molecule has 0 saturated heterocycles. The molecule has 0 saturated carbocycles. The average Bonchev–Trinajstić information content (AvgIpc) is 2.86. The van der Waals surface area contributed by atoms with Gasteiger partial charge < -0.3 is 16.4 Å². The molecule has 4 aromatic rings. The summed E-state index contributed by atoms with van der Waals surface area (Å²) in [4.78, 5) is 8.83. The normalized spacial score (nSPS) is 11.3. The quantitative estimate of drug-likeness (QED) is 0.350. The molecule has 0 aliphatic rings. The van der Waals surface area contributed by atoms with E-state index in [0.717, 1.165) is 17.7 Å². The van der Waals surface area contributed by atoms with Crippen LogP contribution < -0.4 is 16.4 Å². The van der Waals surface area contributed by atoms with Gasteiger partial charge in [0, 0.05) is 37.0 Å². The van der Waals surface area contributed by atoms with Gasteiger partial charge in [0.15, 0.2) is 0 Å². The fourth-order valence-corrected chi connectivity index (χ4v) is 3.30. The first-order valence-electron chi connectivity index (χ1n) is 10.5. The summed E-state index contributed by atoms with van der Waals surface area (Å²) < 4.78 is 39.9. The summed E-state index contributed by atoms with van der Waals surface area (Å²) in [6.07, 6.45) is -2.89. The number of nitrogens with zero attached hydrogens (tertiary/aromatic N) is 4. The third-order valence-electron chi connectivity index (χ3n) is 4.93. The van der Waals surface area contributed by atoms with Crippen molar-refractivity contribution >= 4 is 11.8 Å². The second-order valence-electron chi connectivity index (χ2n) is 7.39. The summed E-state index contributed by atoms with van der Waals surface area (Å²) >= 11 is 0. The van der Waals surface area contributed by atoms with Gasteiger partial charge in [0.2, 0.25) is 5.95 Å². The Bertz CT molecular complexity index is 1250. The van der Waals surface area contributed by atoms with Crippen molar-refractivity contribution in [2.75, 3.05) is 23.7 Å². The summed E-state index contributed by atoms with van der Waals surface area (Å²) in [6, 6.07) is 18.1. The van der Waals surface area contributed by atoms with Crippen molar-refractivity contribution in [1.29, 1.82) is 0 Å². The van der Waals surface area contributed by atoms with Crippen LogP contribution in [0.15, 0.2) is 72.9 Å². The number of hydrogen-bond donors (Lipinski definition) is 3. The summed E-state index contributed by atoms with van der Waals surface area (Å²) in [5.41, 5.74) is 7.40. The molecule has 0 aliphatic carbocycles. The molecule has 0 radical (unpaired) electrons.